The lowest BCUT2D eigenvalue weighted by Gasteiger charge is -2.18. The van der Waals surface area contributed by atoms with Gasteiger partial charge in [0, 0.05) is 19.3 Å². The molecule has 0 rings (SSSR count). The maximum atomic E-state index is 12.9. The Morgan fingerprint density at radius 3 is 0.942 bits per heavy atom. The predicted molar refractivity (Wildman–Crippen MR) is 297 cm³/mol. The van der Waals surface area contributed by atoms with E-state index in [0.29, 0.717) is 19.3 Å². The molecule has 6 heteroatoms. The number of carbonyl (C=O) groups is 3. The maximum absolute atomic E-state index is 12.9. The first-order valence-electron chi connectivity index (χ1n) is 28.7. The van der Waals surface area contributed by atoms with E-state index in [1.54, 1.807) is 0 Å². The van der Waals surface area contributed by atoms with Crippen LogP contribution in [0.2, 0.25) is 0 Å². The minimum absolute atomic E-state index is 0.0933. The molecule has 0 bridgehead atoms. The van der Waals surface area contributed by atoms with Crippen LogP contribution in [0.3, 0.4) is 0 Å². The average Bonchev–Trinajstić information content (AvgIpc) is 3.35. The fraction of sp³-hybridized carbons (Fsp3) is 0.698. The number of allylic oxidation sites excluding steroid dienone is 16. The molecule has 1 unspecified atom stereocenters. The molecule has 0 aliphatic carbocycles. The molecule has 1 atom stereocenters. The van der Waals surface area contributed by atoms with Crippen molar-refractivity contribution in [2.24, 2.45) is 0 Å². The zero-order chi connectivity index (χ0) is 50.0. The quantitative estimate of drug-likeness (QED) is 0.0262. The number of esters is 3. The number of ether oxygens (including phenoxy) is 3. The molecule has 0 aromatic heterocycles. The molecule has 0 N–H and O–H groups in total. The molecular weight excluding hydrogens is 853 g/mol. The molecule has 0 fully saturated rings. The van der Waals surface area contributed by atoms with E-state index in [-0.39, 0.29) is 31.1 Å². The second-order valence-electron chi connectivity index (χ2n) is 18.8. The van der Waals surface area contributed by atoms with Crippen molar-refractivity contribution in [1.82, 2.24) is 0 Å². The van der Waals surface area contributed by atoms with Gasteiger partial charge < -0.3 is 14.2 Å². The van der Waals surface area contributed by atoms with Crippen LogP contribution in [-0.2, 0) is 28.6 Å². The highest BCUT2D eigenvalue weighted by atomic mass is 16.6. The Balaban J connectivity index is 4.46. The van der Waals surface area contributed by atoms with E-state index in [0.717, 1.165) is 109 Å². The number of rotatable bonds is 51. The maximum Gasteiger partial charge on any atom is 0.306 e. The highest BCUT2D eigenvalue weighted by Gasteiger charge is 2.19. The first kappa shape index (κ1) is 65.3. The predicted octanol–water partition coefficient (Wildman–Crippen LogP) is 19.3. The summed E-state index contributed by atoms with van der Waals surface area (Å²) >= 11 is 0. The molecule has 0 heterocycles. The van der Waals surface area contributed by atoms with Crippen LogP contribution in [0.25, 0.3) is 0 Å². The monoisotopic (exact) mass is 959 g/mol. The van der Waals surface area contributed by atoms with Gasteiger partial charge in [-0.25, -0.2) is 0 Å². The molecule has 0 saturated heterocycles. The number of hydrogen-bond donors (Lipinski definition) is 0. The van der Waals surface area contributed by atoms with Gasteiger partial charge in [-0.2, -0.15) is 0 Å². The van der Waals surface area contributed by atoms with Crippen molar-refractivity contribution in [3.05, 3.63) is 97.2 Å². The van der Waals surface area contributed by atoms with Gasteiger partial charge in [0.15, 0.2) is 6.10 Å². The molecule has 0 saturated carbocycles. The lowest BCUT2D eigenvalue weighted by Crippen LogP contribution is -2.30. The van der Waals surface area contributed by atoms with Gasteiger partial charge in [0.25, 0.3) is 0 Å². The third-order valence-electron chi connectivity index (χ3n) is 12.1. The van der Waals surface area contributed by atoms with Crippen LogP contribution >= 0.6 is 0 Å². The molecule has 0 amide bonds. The van der Waals surface area contributed by atoms with Gasteiger partial charge in [0.05, 0.1) is 0 Å². The largest absolute Gasteiger partial charge is 0.462 e. The lowest BCUT2D eigenvalue weighted by molar-refractivity contribution is -0.167. The summed E-state index contributed by atoms with van der Waals surface area (Å²) in [5.74, 6) is -0.942. The van der Waals surface area contributed by atoms with Crippen LogP contribution < -0.4 is 0 Å². The summed E-state index contributed by atoms with van der Waals surface area (Å²) in [5.41, 5.74) is 0. The number of unbranched alkanes of at least 4 members (excludes halogenated alkanes) is 24. The van der Waals surface area contributed by atoms with Crippen LogP contribution in [0.1, 0.15) is 265 Å². The highest BCUT2D eigenvalue weighted by Crippen LogP contribution is 2.15. The normalized spacial score (nSPS) is 12.8. The van der Waals surface area contributed by atoms with E-state index < -0.39 is 6.10 Å². The van der Waals surface area contributed by atoms with Gasteiger partial charge in [0.1, 0.15) is 13.2 Å². The molecule has 394 valence electrons. The first-order valence-corrected chi connectivity index (χ1v) is 28.7. The zero-order valence-electron chi connectivity index (χ0n) is 45.0. The summed E-state index contributed by atoms with van der Waals surface area (Å²) in [6.45, 7) is 6.47. The molecule has 0 aliphatic heterocycles. The van der Waals surface area contributed by atoms with E-state index in [1.165, 1.54) is 116 Å². The summed E-state index contributed by atoms with van der Waals surface area (Å²) < 4.78 is 16.8. The second-order valence-corrected chi connectivity index (χ2v) is 18.8. The van der Waals surface area contributed by atoms with Crippen LogP contribution in [0, 0.1) is 0 Å². The van der Waals surface area contributed by atoms with Gasteiger partial charge in [-0.1, -0.05) is 240 Å². The summed E-state index contributed by atoms with van der Waals surface area (Å²) in [4.78, 5) is 38.1. The molecule has 69 heavy (non-hydrogen) atoms. The molecule has 0 aliphatic rings. The van der Waals surface area contributed by atoms with Crippen LogP contribution in [-0.4, -0.2) is 37.2 Å². The van der Waals surface area contributed by atoms with Crippen molar-refractivity contribution in [3.63, 3.8) is 0 Å². The topological polar surface area (TPSA) is 78.9 Å². The molecule has 6 nitrogen and oxygen atoms in total. The minimum Gasteiger partial charge on any atom is -0.462 e. The molecule has 0 radical (unpaired) electrons. The standard InChI is InChI=1S/C63H106O6/c1-4-7-10-13-16-19-22-25-27-29-30-31-32-34-35-38-41-44-47-50-53-56-62(65)68-59-60(58-67-61(64)55-52-49-46-43-40-37-24-21-18-15-12-9-6-3)69-63(66)57-54-51-48-45-42-39-36-33-28-26-23-20-17-14-11-8-5-2/h7,10,16-17,19-20,25-28,30-31,34-35,41,44,60H,4-6,8-9,11-15,18,21-24,29,32-33,36-40,42-43,45-59H2,1-3H3/b10-7-,19-16-,20-17-,27-25-,28-26-,31-30-,35-34-,44-41-. The molecular formula is C63H106O6. The smallest absolute Gasteiger partial charge is 0.306 e. The van der Waals surface area contributed by atoms with E-state index in [4.69, 9.17) is 14.2 Å². The Hall–Kier alpha value is -3.67. The zero-order valence-corrected chi connectivity index (χ0v) is 45.0. The van der Waals surface area contributed by atoms with Crippen molar-refractivity contribution in [2.45, 2.75) is 271 Å². The highest BCUT2D eigenvalue weighted by molar-refractivity contribution is 5.71. The first-order chi connectivity index (χ1) is 34.0. The van der Waals surface area contributed by atoms with Gasteiger partial charge in [-0.05, 0) is 103 Å². The second kappa shape index (κ2) is 56.9. The van der Waals surface area contributed by atoms with E-state index in [9.17, 15) is 14.4 Å². The van der Waals surface area contributed by atoms with Gasteiger partial charge in [-0.3, -0.25) is 14.4 Å². The van der Waals surface area contributed by atoms with Crippen LogP contribution in [0.5, 0.6) is 0 Å². The molecule has 0 spiro atoms. The van der Waals surface area contributed by atoms with Crippen molar-refractivity contribution in [3.8, 4) is 0 Å². The Labute approximate surface area is 426 Å². The van der Waals surface area contributed by atoms with Crippen LogP contribution in [0.4, 0.5) is 0 Å². The Kier molecular flexibility index (Phi) is 53.9. The van der Waals surface area contributed by atoms with Crippen molar-refractivity contribution in [2.75, 3.05) is 13.2 Å². The Morgan fingerprint density at radius 2 is 0.565 bits per heavy atom. The van der Waals surface area contributed by atoms with Gasteiger partial charge in [0.2, 0.25) is 0 Å². The van der Waals surface area contributed by atoms with Crippen molar-refractivity contribution in [1.29, 1.82) is 0 Å². The molecule has 0 aromatic rings. The van der Waals surface area contributed by atoms with Gasteiger partial charge >= 0.3 is 17.9 Å². The number of carbonyl (C=O) groups excluding carboxylic acids is 3. The Morgan fingerprint density at radius 1 is 0.304 bits per heavy atom. The fourth-order valence-electron chi connectivity index (χ4n) is 7.77. The average molecular weight is 960 g/mol. The Bertz CT molecular complexity index is 1380. The fourth-order valence-corrected chi connectivity index (χ4v) is 7.77. The van der Waals surface area contributed by atoms with E-state index >= 15 is 0 Å². The third-order valence-corrected chi connectivity index (χ3v) is 12.1. The minimum atomic E-state index is -0.799. The van der Waals surface area contributed by atoms with Crippen LogP contribution in [0.15, 0.2) is 97.2 Å². The summed E-state index contributed by atoms with van der Waals surface area (Å²) in [5, 5.41) is 0. The lowest BCUT2D eigenvalue weighted by atomic mass is 10.0. The third kappa shape index (κ3) is 55.1. The van der Waals surface area contributed by atoms with Gasteiger partial charge in [-0.15, -0.1) is 0 Å². The summed E-state index contributed by atoms with van der Waals surface area (Å²) in [6, 6.07) is 0. The van der Waals surface area contributed by atoms with Crippen molar-refractivity contribution < 1.29 is 28.6 Å². The van der Waals surface area contributed by atoms with E-state index in [2.05, 4.69) is 118 Å². The van der Waals surface area contributed by atoms with E-state index in [1.807, 2.05) is 0 Å². The summed E-state index contributed by atoms with van der Waals surface area (Å²) in [7, 11) is 0. The molecule has 0 aromatic carbocycles. The number of hydrogen-bond acceptors (Lipinski definition) is 6. The SMILES string of the molecule is CC/C=C\C/C=C\C/C=C\C/C=C\C/C=C\C/C=C\CCCCC(=O)OCC(COC(=O)CCCCCCCCCCCCCCC)OC(=O)CCCCCCCCC/C=C\C/C=C\CCCCC. The summed E-state index contributed by atoms with van der Waals surface area (Å²) in [6.07, 6.45) is 75.3. The van der Waals surface area contributed by atoms with Crippen molar-refractivity contribution >= 4 is 17.9 Å².